The van der Waals surface area contributed by atoms with Crippen LogP contribution < -0.4 is 11.3 Å². The lowest BCUT2D eigenvalue weighted by Gasteiger charge is -2.36. The Balaban J connectivity index is 1.77. The number of hydrogen-bond donors (Lipinski definition) is 2. The van der Waals surface area contributed by atoms with Crippen molar-refractivity contribution >= 4 is 0 Å². The number of nitrogens with two attached hydrogens (primary N) is 1. The summed E-state index contributed by atoms with van der Waals surface area (Å²) in [5.74, 6) is 6.35. The Morgan fingerprint density at radius 2 is 1.95 bits per heavy atom. The predicted octanol–water partition coefficient (Wildman–Crippen LogP) is 3.02. The lowest BCUT2D eigenvalue weighted by atomic mass is 9.72. The summed E-state index contributed by atoms with van der Waals surface area (Å²) in [7, 11) is 0. The highest BCUT2D eigenvalue weighted by Crippen LogP contribution is 2.38. The number of hydrazine groups is 1. The molecule has 0 radical (unpaired) electrons. The van der Waals surface area contributed by atoms with Crippen molar-refractivity contribution < 1.29 is 0 Å². The summed E-state index contributed by atoms with van der Waals surface area (Å²) in [6, 6.07) is 15.7. The summed E-state index contributed by atoms with van der Waals surface area (Å²) < 4.78 is 0. The van der Waals surface area contributed by atoms with Crippen LogP contribution in [0.1, 0.15) is 33.7 Å². The van der Waals surface area contributed by atoms with Crippen LogP contribution in [-0.4, -0.2) is 6.04 Å². The van der Waals surface area contributed by atoms with Gasteiger partial charge in [-0.1, -0.05) is 42.5 Å². The van der Waals surface area contributed by atoms with Crippen molar-refractivity contribution in [1.82, 2.24) is 5.43 Å². The second-order valence-electron chi connectivity index (χ2n) is 5.91. The highest BCUT2D eigenvalue weighted by molar-refractivity contribution is 5.42. The van der Waals surface area contributed by atoms with E-state index in [0.29, 0.717) is 12.0 Å². The Kier molecular flexibility index (Phi) is 3.60. The van der Waals surface area contributed by atoms with Crippen LogP contribution in [0.4, 0.5) is 0 Å². The Labute approximate surface area is 121 Å². The van der Waals surface area contributed by atoms with Crippen LogP contribution >= 0.6 is 0 Å². The van der Waals surface area contributed by atoms with Crippen LogP contribution in [0.3, 0.4) is 0 Å². The zero-order valence-electron chi connectivity index (χ0n) is 12.2. The van der Waals surface area contributed by atoms with E-state index in [0.717, 1.165) is 12.8 Å². The fraction of sp³-hybridized carbons (Fsp3) is 0.333. The first-order chi connectivity index (χ1) is 9.69. The van der Waals surface area contributed by atoms with E-state index in [1.165, 1.54) is 27.8 Å². The standard InChI is InChI=1S/C18H22N2/c1-12-7-8-14(9-13(12)2)10-18(20-19)17-11-15-5-3-4-6-16(15)17/h3-9,17-18,20H,10-11,19H2,1-2H3. The Hall–Kier alpha value is -1.64. The number of rotatable bonds is 4. The van der Waals surface area contributed by atoms with Gasteiger partial charge in [0.15, 0.2) is 0 Å². The van der Waals surface area contributed by atoms with E-state index >= 15 is 0 Å². The van der Waals surface area contributed by atoms with Gasteiger partial charge in [0, 0.05) is 12.0 Å². The molecule has 0 heterocycles. The monoisotopic (exact) mass is 266 g/mol. The summed E-state index contributed by atoms with van der Waals surface area (Å²) in [4.78, 5) is 0. The highest BCUT2D eigenvalue weighted by Gasteiger charge is 2.32. The van der Waals surface area contributed by atoms with Crippen molar-refractivity contribution in [2.75, 3.05) is 0 Å². The molecule has 2 atom stereocenters. The van der Waals surface area contributed by atoms with E-state index in [9.17, 15) is 0 Å². The Morgan fingerprint density at radius 3 is 2.65 bits per heavy atom. The molecule has 0 aliphatic heterocycles. The van der Waals surface area contributed by atoms with E-state index in [1.807, 2.05) is 0 Å². The maximum absolute atomic E-state index is 5.81. The summed E-state index contributed by atoms with van der Waals surface area (Å²) in [6.07, 6.45) is 2.12. The van der Waals surface area contributed by atoms with Crippen LogP contribution in [0.5, 0.6) is 0 Å². The maximum Gasteiger partial charge on any atom is 0.0322 e. The van der Waals surface area contributed by atoms with Gasteiger partial charge in [-0.2, -0.15) is 0 Å². The lowest BCUT2D eigenvalue weighted by molar-refractivity contribution is 0.404. The molecule has 0 saturated heterocycles. The molecule has 104 valence electrons. The Bertz CT molecular complexity index is 619. The fourth-order valence-electron chi connectivity index (χ4n) is 3.16. The first-order valence-electron chi connectivity index (χ1n) is 7.29. The smallest absolute Gasteiger partial charge is 0.0322 e. The quantitative estimate of drug-likeness (QED) is 0.659. The van der Waals surface area contributed by atoms with Crippen LogP contribution in [0.15, 0.2) is 42.5 Å². The first-order valence-corrected chi connectivity index (χ1v) is 7.29. The van der Waals surface area contributed by atoms with Crippen molar-refractivity contribution in [2.45, 2.75) is 38.6 Å². The van der Waals surface area contributed by atoms with Crippen LogP contribution in [-0.2, 0) is 12.8 Å². The molecule has 0 aromatic heterocycles. The zero-order chi connectivity index (χ0) is 14.1. The van der Waals surface area contributed by atoms with Gasteiger partial charge in [0.25, 0.3) is 0 Å². The van der Waals surface area contributed by atoms with E-state index in [2.05, 4.69) is 61.7 Å². The number of fused-ring (bicyclic) bond motifs is 1. The first kappa shape index (κ1) is 13.3. The highest BCUT2D eigenvalue weighted by atomic mass is 15.2. The topological polar surface area (TPSA) is 38.0 Å². The van der Waals surface area contributed by atoms with E-state index in [-0.39, 0.29) is 0 Å². The molecule has 2 aromatic carbocycles. The molecule has 1 aliphatic carbocycles. The van der Waals surface area contributed by atoms with Crippen LogP contribution in [0, 0.1) is 13.8 Å². The maximum atomic E-state index is 5.81. The minimum Gasteiger partial charge on any atom is -0.271 e. The van der Waals surface area contributed by atoms with E-state index < -0.39 is 0 Å². The number of aryl methyl sites for hydroxylation is 2. The molecule has 2 unspecified atom stereocenters. The molecule has 0 bridgehead atoms. The molecule has 0 fully saturated rings. The molecule has 2 nitrogen and oxygen atoms in total. The molecule has 0 spiro atoms. The predicted molar refractivity (Wildman–Crippen MR) is 83.6 cm³/mol. The van der Waals surface area contributed by atoms with Crippen molar-refractivity contribution in [3.8, 4) is 0 Å². The van der Waals surface area contributed by atoms with Gasteiger partial charge in [-0.15, -0.1) is 0 Å². The molecule has 1 aliphatic rings. The summed E-state index contributed by atoms with van der Waals surface area (Å²) in [5.41, 5.74) is 10.0. The minimum atomic E-state index is 0.312. The van der Waals surface area contributed by atoms with Crippen molar-refractivity contribution in [2.24, 2.45) is 5.84 Å². The second-order valence-corrected chi connectivity index (χ2v) is 5.91. The van der Waals surface area contributed by atoms with Gasteiger partial charge < -0.3 is 0 Å². The third kappa shape index (κ3) is 2.37. The fourth-order valence-corrected chi connectivity index (χ4v) is 3.16. The van der Waals surface area contributed by atoms with Gasteiger partial charge in [-0.05, 0) is 54.5 Å². The van der Waals surface area contributed by atoms with Crippen molar-refractivity contribution in [3.05, 3.63) is 70.3 Å². The van der Waals surface area contributed by atoms with Gasteiger partial charge in [0.2, 0.25) is 0 Å². The third-order valence-electron chi connectivity index (χ3n) is 4.62. The zero-order valence-corrected chi connectivity index (χ0v) is 12.2. The number of benzene rings is 2. The molecule has 0 amide bonds. The number of nitrogens with one attached hydrogen (secondary N) is 1. The minimum absolute atomic E-state index is 0.312. The van der Waals surface area contributed by atoms with E-state index in [4.69, 9.17) is 5.84 Å². The van der Waals surface area contributed by atoms with Crippen LogP contribution in [0.2, 0.25) is 0 Å². The molecule has 0 saturated carbocycles. The average Bonchev–Trinajstić information content (AvgIpc) is 2.43. The molecule has 3 N–H and O–H groups in total. The molecular formula is C18H22N2. The molecular weight excluding hydrogens is 244 g/mol. The lowest BCUT2D eigenvalue weighted by Crippen LogP contribution is -2.45. The largest absolute Gasteiger partial charge is 0.271 e. The van der Waals surface area contributed by atoms with Crippen LogP contribution in [0.25, 0.3) is 0 Å². The Morgan fingerprint density at radius 1 is 1.15 bits per heavy atom. The van der Waals surface area contributed by atoms with Gasteiger partial charge in [-0.25, -0.2) is 0 Å². The summed E-state index contributed by atoms with van der Waals surface area (Å²) in [6.45, 7) is 4.32. The van der Waals surface area contributed by atoms with Gasteiger partial charge >= 0.3 is 0 Å². The van der Waals surface area contributed by atoms with Crippen molar-refractivity contribution in [3.63, 3.8) is 0 Å². The molecule has 20 heavy (non-hydrogen) atoms. The number of hydrogen-bond acceptors (Lipinski definition) is 2. The molecule has 3 rings (SSSR count). The van der Waals surface area contributed by atoms with Gasteiger partial charge in [-0.3, -0.25) is 11.3 Å². The summed E-state index contributed by atoms with van der Waals surface area (Å²) in [5, 5.41) is 0. The third-order valence-corrected chi connectivity index (χ3v) is 4.62. The second kappa shape index (κ2) is 5.39. The molecule has 2 aromatic rings. The SMILES string of the molecule is Cc1ccc(CC(NN)C2Cc3ccccc32)cc1C. The summed E-state index contributed by atoms with van der Waals surface area (Å²) >= 11 is 0. The van der Waals surface area contributed by atoms with E-state index in [1.54, 1.807) is 0 Å². The van der Waals surface area contributed by atoms with Crippen molar-refractivity contribution in [1.29, 1.82) is 0 Å². The molecule has 2 heteroatoms. The average molecular weight is 266 g/mol. The van der Waals surface area contributed by atoms with Gasteiger partial charge in [0.1, 0.15) is 0 Å². The normalized spacial score (nSPS) is 18.2. The van der Waals surface area contributed by atoms with Gasteiger partial charge in [0.05, 0.1) is 0 Å².